The molecule has 0 radical (unpaired) electrons. The SMILES string of the molecule is [2H]C([2H])(c1ccc(-n2c(-c3cc(C(C)(C)C)ccc3O)nc3c(-c4[c-]c(-c5cc(-c6cccc(C(C)(C)c7ccccc7)c6)ccn5)cc(-c5ccccc5)c4)cccc32)c(-c2ccccc2)c1)C1CCCC1.[Pt]. The van der Waals surface area contributed by atoms with E-state index in [1.54, 1.807) is 6.07 Å². The van der Waals surface area contributed by atoms with Crippen LogP contribution in [0.4, 0.5) is 0 Å². The topological polar surface area (TPSA) is 50.9 Å². The predicted molar refractivity (Wildman–Crippen MR) is 295 cm³/mol. The quantitative estimate of drug-likeness (QED) is 0.131. The average Bonchev–Trinajstić information content (AvgIpc) is 4.12. The van der Waals surface area contributed by atoms with Gasteiger partial charge in [0.2, 0.25) is 0 Å². The van der Waals surface area contributed by atoms with Gasteiger partial charge in [-0.05, 0) is 98.6 Å². The van der Waals surface area contributed by atoms with E-state index in [0.717, 1.165) is 104 Å². The van der Waals surface area contributed by atoms with Crippen molar-refractivity contribution in [1.29, 1.82) is 0 Å². The molecule has 72 heavy (non-hydrogen) atoms. The first kappa shape index (κ1) is 46.0. The number of fused-ring (bicyclic) bond motifs is 1. The minimum absolute atomic E-state index is 0. The summed E-state index contributed by atoms with van der Waals surface area (Å²) in [5.74, 6) is 0.670. The number of hydrogen-bond acceptors (Lipinski definition) is 3. The van der Waals surface area contributed by atoms with Crippen molar-refractivity contribution in [2.75, 3.05) is 0 Å². The Bertz CT molecular complexity index is 3630. The van der Waals surface area contributed by atoms with Crippen LogP contribution in [0, 0.1) is 12.0 Å². The Morgan fingerprint density at radius 2 is 1.22 bits per heavy atom. The van der Waals surface area contributed by atoms with Crippen LogP contribution in [0.5, 0.6) is 5.75 Å². The van der Waals surface area contributed by atoms with Gasteiger partial charge in [0.05, 0.1) is 22.3 Å². The molecule has 1 N–H and O–H groups in total. The molecule has 0 amide bonds. The monoisotopic (exact) mass is 1120 g/mol. The smallest absolute Gasteiger partial charge is 0.148 e. The first-order chi connectivity index (χ1) is 35.2. The summed E-state index contributed by atoms with van der Waals surface area (Å²) in [5, 5.41) is 11.9. The largest absolute Gasteiger partial charge is 0.507 e. The van der Waals surface area contributed by atoms with Crippen molar-refractivity contribution in [3.05, 3.63) is 229 Å². The summed E-state index contributed by atoms with van der Waals surface area (Å²) in [6, 6.07) is 70.9. The molecule has 360 valence electrons. The number of benzene rings is 8. The van der Waals surface area contributed by atoms with E-state index < -0.39 is 6.37 Å². The Balaban J connectivity index is 0.00000626. The molecular formula is C67H60N3OPt-. The van der Waals surface area contributed by atoms with Gasteiger partial charge in [-0.1, -0.05) is 223 Å². The third-order valence-corrected chi connectivity index (χ3v) is 14.6. The summed E-state index contributed by atoms with van der Waals surface area (Å²) in [7, 11) is 0. The summed E-state index contributed by atoms with van der Waals surface area (Å²) in [5.41, 5.74) is 16.4. The van der Waals surface area contributed by atoms with Crippen LogP contribution in [0.15, 0.2) is 200 Å². The second-order valence-corrected chi connectivity index (χ2v) is 20.7. The maximum absolute atomic E-state index is 11.9. The van der Waals surface area contributed by atoms with E-state index in [4.69, 9.17) is 9.97 Å². The Morgan fingerprint density at radius 3 is 1.96 bits per heavy atom. The fourth-order valence-corrected chi connectivity index (χ4v) is 10.4. The minimum Gasteiger partial charge on any atom is -0.507 e. The minimum atomic E-state index is -1.50. The average molecular weight is 1120 g/mol. The number of phenols is 1. The van der Waals surface area contributed by atoms with E-state index in [1.807, 2.05) is 42.6 Å². The molecule has 0 aliphatic heterocycles. The number of aromatic nitrogens is 3. The summed E-state index contributed by atoms with van der Waals surface area (Å²) < 4.78 is 21.1. The number of phenolic OH excluding ortho intramolecular Hbond substituents is 1. The molecule has 0 atom stereocenters. The number of aromatic hydroxyl groups is 1. The molecule has 1 aliphatic carbocycles. The molecule has 10 aromatic rings. The summed E-state index contributed by atoms with van der Waals surface area (Å²) in [4.78, 5) is 10.6. The third-order valence-electron chi connectivity index (χ3n) is 14.6. The van der Waals surface area contributed by atoms with Crippen LogP contribution in [0.3, 0.4) is 0 Å². The molecule has 0 unspecified atom stereocenters. The standard InChI is InChI=1S/C67H60N3O.Pt/c1-66(2,3)55-32-34-63(71)59(44-55)65-69-64-57(29-18-30-62(64)70(65)61-33-31-46(37-45-19-15-16-20-45)38-58(61)48-23-11-7-12-24-48)52-39-51(47-21-9-6-10-22-47)40-53(41-52)60-43-50(35-36-68-60)49-25-17-28-56(42-49)67(4,5)54-26-13-8-14-27-54;/h6-14,17-18,21-36,38-40,42-45,71H,15-16,19-20,37H2,1-5H3;/q-1;/i37D2;. The zero-order chi connectivity index (χ0) is 50.5. The van der Waals surface area contributed by atoms with Crippen molar-refractivity contribution in [3.8, 4) is 78.6 Å². The van der Waals surface area contributed by atoms with Gasteiger partial charge in [0.25, 0.3) is 0 Å². The van der Waals surface area contributed by atoms with Gasteiger partial charge in [-0.2, -0.15) is 0 Å². The Morgan fingerprint density at radius 1 is 0.569 bits per heavy atom. The van der Waals surface area contributed by atoms with Crippen LogP contribution in [-0.2, 0) is 38.3 Å². The van der Waals surface area contributed by atoms with Crippen molar-refractivity contribution in [2.24, 2.45) is 5.92 Å². The molecule has 2 aromatic heterocycles. The number of rotatable bonds is 11. The zero-order valence-corrected chi connectivity index (χ0v) is 43.8. The van der Waals surface area contributed by atoms with E-state index in [1.165, 1.54) is 11.1 Å². The molecule has 8 aromatic carbocycles. The van der Waals surface area contributed by atoms with Crippen LogP contribution < -0.4 is 0 Å². The number of nitrogens with zero attached hydrogens (tertiary/aromatic N) is 3. The van der Waals surface area contributed by atoms with Gasteiger partial charge in [-0.3, -0.25) is 9.55 Å². The van der Waals surface area contributed by atoms with E-state index in [9.17, 15) is 7.85 Å². The molecule has 0 bridgehead atoms. The predicted octanol–water partition coefficient (Wildman–Crippen LogP) is 17.3. The Kier molecular flexibility index (Phi) is 12.9. The van der Waals surface area contributed by atoms with Crippen LogP contribution in [-0.4, -0.2) is 19.6 Å². The van der Waals surface area contributed by atoms with Gasteiger partial charge in [-0.15, -0.1) is 23.8 Å². The molecular weight excluding hydrogens is 1060 g/mol. The second-order valence-electron chi connectivity index (χ2n) is 20.7. The van der Waals surface area contributed by atoms with E-state index in [0.29, 0.717) is 17.0 Å². The Labute approximate surface area is 442 Å². The Hall–Kier alpha value is -7.13. The van der Waals surface area contributed by atoms with Gasteiger partial charge in [0.15, 0.2) is 0 Å². The van der Waals surface area contributed by atoms with Crippen LogP contribution in [0.1, 0.15) is 85.3 Å². The summed E-state index contributed by atoms with van der Waals surface area (Å²) in [6.45, 7) is 11.1. The number of pyridine rings is 1. The van der Waals surface area contributed by atoms with Crippen molar-refractivity contribution >= 4 is 11.0 Å². The van der Waals surface area contributed by atoms with Crippen molar-refractivity contribution in [3.63, 3.8) is 0 Å². The molecule has 1 saturated carbocycles. The molecule has 1 fully saturated rings. The van der Waals surface area contributed by atoms with Gasteiger partial charge in [0.1, 0.15) is 11.6 Å². The number of imidazole rings is 1. The maximum atomic E-state index is 11.9. The molecule has 1 aliphatic rings. The van der Waals surface area contributed by atoms with Gasteiger partial charge >= 0.3 is 0 Å². The molecule has 2 heterocycles. The fourth-order valence-electron chi connectivity index (χ4n) is 10.4. The van der Waals surface area contributed by atoms with Crippen molar-refractivity contribution < 1.29 is 28.9 Å². The zero-order valence-electron chi connectivity index (χ0n) is 43.6. The second kappa shape index (κ2) is 20.2. The van der Waals surface area contributed by atoms with Crippen LogP contribution >= 0.6 is 0 Å². The maximum Gasteiger partial charge on any atom is 0.148 e. The summed E-state index contributed by atoms with van der Waals surface area (Å²) in [6.07, 6.45) is 4.26. The van der Waals surface area contributed by atoms with E-state index in [-0.39, 0.29) is 43.6 Å². The van der Waals surface area contributed by atoms with E-state index in [2.05, 4.69) is 197 Å². The third kappa shape index (κ3) is 9.66. The molecule has 11 rings (SSSR count). The molecule has 0 saturated heterocycles. The van der Waals surface area contributed by atoms with E-state index >= 15 is 0 Å². The van der Waals surface area contributed by atoms with Gasteiger partial charge in [0, 0.05) is 46.7 Å². The molecule has 0 spiro atoms. The molecule has 4 nitrogen and oxygen atoms in total. The number of para-hydroxylation sites is 1. The fraction of sp³-hybridized carbons (Fsp3) is 0.194. The number of hydrogen-bond donors (Lipinski definition) is 1. The van der Waals surface area contributed by atoms with Gasteiger partial charge in [-0.25, -0.2) is 4.98 Å². The van der Waals surface area contributed by atoms with Crippen LogP contribution in [0.25, 0.3) is 83.9 Å². The van der Waals surface area contributed by atoms with Crippen molar-refractivity contribution in [2.45, 2.75) is 77.5 Å². The first-order valence-corrected chi connectivity index (χ1v) is 25.1. The van der Waals surface area contributed by atoms with Crippen molar-refractivity contribution in [1.82, 2.24) is 14.5 Å². The van der Waals surface area contributed by atoms with Gasteiger partial charge < -0.3 is 5.11 Å². The van der Waals surface area contributed by atoms with Crippen LogP contribution in [0.2, 0.25) is 0 Å². The normalized spacial score (nSPS) is 13.7. The molecule has 5 heteroatoms. The summed E-state index contributed by atoms with van der Waals surface area (Å²) >= 11 is 0. The first-order valence-electron chi connectivity index (χ1n) is 26.1.